The van der Waals surface area contributed by atoms with Crippen molar-refractivity contribution in [2.45, 2.75) is 50.9 Å². The number of hydrogen-bond donors (Lipinski definition) is 2. The van der Waals surface area contributed by atoms with Crippen molar-refractivity contribution in [2.24, 2.45) is 0 Å². The molecule has 3 atom stereocenters. The summed E-state index contributed by atoms with van der Waals surface area (Å²) in [6.45, 7) is 6.82. The molecule has 0 aromatic rings. The van der Waals surface area contributed by atoms with Gasteiger partial charge in [-0.15, -0.1) is 0 Å². The molecule has 0 spiro atoms. The molecule has 0 radical (unpaired) electrons. The fourth-order valence-electron chi connectivity index (χ4n) is 2.57. The fraction of sp³-hybridized carbons (Fsp3) is 0.667. The lowest BCUT2D eigenvalue weighted by molar-refractivity contribution is 0.346. The van der Waals surface area contributed by atoms with Crippen LogP contribution in [0.2, 0.25) is 0 Å². The van der Waals surface area contributed by atoms with Crippen LogP contribution in [0.15, 0.2) is 24.3 Å². The van der Waals surface area contributed by atoms with Crippen molar-refractivity contribution in [3.63, 3.8) is 0 Å². The Bertz CT molecular complexity index is 265. The van der Waals surface area contributed by atoms with Crippen molar-refractivity contribution in [1.82, 2.24) is 10.6 Å². The largest absolute Gasteiger partial charge is 0.306 e. The van der Waals surface area contributed by atoms with Crippen LogP contribution in [0.25, 0.3) is 0 Å². The SMILES string of the molecule is CC1CC(C)(C)NC2C=CC=CC2N1. The smallest absolute Gasteiger partial charge is 0.0449 e. The van der Waals surface area contributed by atoms with E-state index in [1.165, 1.54) is 6.42 Å². The topological polar surface area (TPSA) is 24.1 Å². The summed E-state index contributed by atoms with van der Waals surface area (Å²) in [5.74, 6) is 0. The quantitative estimate of drug-likeness (QED) is 0.609. The number of allylic oxidation sites excluding steroid dienone is 2. The minimum absolute atomic E-state index is 0.224. The average Bonchev–Trinajstić information content (AvgIpc) is 2.16. The third-order valence-electron chi connectivity index (χ3n) is 2.99. The van der Waals surface area contributed by atoms with E-state index in [1.54, 1.807) is 0 Å². The molecule has 1 heterocycles. The molecule has 3 unspecified atom stereocenters. The van der Waals surface area contributed by atoms with Gasteiger partial charge in [0.25, 0.3) is 0 Å². The monoisotopic (exact) mass is 192 g/mol. The molecule has 0 aromatic heterocycles. The second-order valence-corrected chi connectivity index (χ2v) is 5.12. The van der Waals surface area contributed by atoms with Crippen LogP contribution < -0.4 is 10.6 Å². The van der Waals surface area contributed by atoms with Crippen molar-refractivity contribution in [1.29, 1.82) is 0 Å². The summed E-state index contributed by atoms with van der Waals surface area (Å²) in [5, 5.41) is 7.32. The van der Waals surface area contributed by atoms with E-state index in [1.807, 2.05) is 0 Å². The zero-order valence-corrected chi connectivity index (χ0v) is 9.25. The minimum atomic E-state index is 0.224. The highest BCUT2D eigenvalue weighted by molar-refractivity contribution is 5.22. The summed E-state index contributed by atoms with van der Waals surface area (Å²) in [4.78, 5) is 0. The van der Waals surface area contributed by atoms with Gasteiger partial charge in [0.1, 0.15) is 0 Å². The molecule has 0 amide bonds. The maximum absolute atomic E-state index is 3.69. The van der Waals surface area contributed by atoms with E-state index in [4.69, 9.17) is 0 Å². The van der Waals surface area contributed by atoms with Crippen molar-refractivity contribution in [2.75, 3.05) is 0 Å². The van der Waals surface area contributed by atoms with Gasteiger partial charge < -0.3 is 10.6 Å². The summed E-state index contributed by atoms with van der Waals surface area (Å²) in [5.41, 5.74) is 0.224. The molecule has 2 aliphatic rings. The molecule has 1 saturated heterocycles. The maximum atomic E-state index is 3.69. The second-order valence-electron chi connectivity index (χ2n) is 5.12. The Morgan fingerprint density at radius 1 is 1.14 bits per heavy atom. The Morgan fingerprint density at radius 2 is 1.79 bits per heavy atom. The summed E-state index contributed by atoms with van der Waals surface area (Å²) < 4.78 is 0. The van der Waals surface area contributed by atoms with Crippen LogP contribution in [0, 0.1) is 0 Å². The molecule has 0 saturated carbocycles. The van der Waals surface area contributed by atoms with Gasteiger partial charge in [0.15, 0.2) is 0 Å². The van der Waals surface area contributed by atoms with Crippen molar-refractivity contribution in [3.05, 3.63) is 24.3 Å². The molecule has 1 aliphatic carbocycles. The Kier molecular flexibility index (Phi) is 2.50. The van der Waals surface area contributed by atoms with E-state index < -0.39 is 0 Å². The van der Waals surface area contributed by atoms with Crippen molar-refractivity contribution in [3.8, 4) is 0 Å². The van der Waals surface area contributed by atoms with Crippen molar-refractivity contribution < 1.29 is 0 Å². The van der Waals surface area contributed by atoms with Crippen molar-refractivity contribution >= 4 is 0 Å². The van der Waals surface area contributed by atoms with Gasteiger partial charge in [0, 0.05) is 23.7 Å². The van der Waals surface area contributed by atoms with Gasteiger partial charge in [-0.25, -0.2) is 0 Å². The van der Waals surface area contributed by atoms with Gasteiger partial charge in [-0.3, -0.25) is 0 Å². The molecule has 1 aliphatic heterocycles. The Balaban J connectivity index is 2.18. The molecule has 1 fully saturated rings. The highest BCUT2D eigenvalue weighted by atomic mass is 15.1. The van der Waals surface area contributed by atoms with E-state index in [9.17, 15) is 0 Å². The summed E-state index contributed by atoms with van der Waals surface area (Å²) in [7, 11) is 0. The summed E-state index contributed by atoms with van der Waals surface area (Å²) in [6, 6.07) is 1.47. The normalized spacial score (nSPS) is 40.4. The highest BCUT2D eigenvalue weighted by Crippen LogP contribution is 2.20. The van der Waals surface area contributed by atoms with Crippen LogP contribution in [0.1, 0.15) is 27.2 Å². The van der Waals surface area contributed by atoms with Crippen LogP contribution in [-0.4, -0.2) is 23.7 Å². The number of rotatable bonds is 0. The zero-order valence-electron chi connectivity index (χ0n) is 9.25. The first-order valence-electron chi connectivity index (χ1n) is 5.46. The molecule has 0 bridgehead atoms. The first-order valence-corrected chi connectivity index (χ1v) is 5.46. The number of nitrogens with one attached hydrogen (secondary N) is 2. The molecular formula is C12H20N2. The lowest BCUT2D eigenvalue weighted by atomic mass is 9.96. The Hall–Kier alpha value is -0.600. The molecule has 14 heavy (non-hydrogen) atoms. The molecule has 2 nitrogen and oxygen atoms in total. The van der Waals surface area contributed by atoms with Gasteiger partial charge in [0.2, 0.25) is 0 Å². The summed E-state index contributed by atoms with van der Waals surface area (Å²) >= 11 is 0. The predicted molar refractivity (Wildman–Crippen MR) is 60.3 cm³/mol. The van der Waals surface area contributed by atoms with Gasteiger partial charge in [-0.2, -0.15) is 0 Å². The molecule has 0 aromatic carbocycles. The summed E-state index contributed by atoms with van der Waals surface area (Å²) in [6.07, 6.45) is 9.91. The lowest BCUT2D eigenvalue weighted by Gasteiger charge is -2.30. The van der Waals surface area contributed by atoms with Gasteiger partial charge in [-0.1, -0.05) is 24.3 Å². The van der Waals surface area contributed by atoms with Crippen LogP contribution in [0.5, 0.6) is 0 Å². The van der Waals surface area contributed by atoms with E-state index in [-0.39, 0.29) is 5.54 Å². The van der Waals surface area contributed by atoms with Gasteiger partial charge in [0.05, 0.1) is 0 Å². The molecule has 2 rings (SSSR count). The Morgan fingerprint density at radius 3 is 2.50 bits per heavy atom. The van der Waals surface area contributed by atoms with Crippen LogP contribution >= 0.6 is 0 Å². The molecule has 2 N–H and O–H groups in total. The van der Waals surface area contributed by atoms with Gasteiger partial charge >= 0.3 is 0 Å². The first-order chi connectivity index (χ1) is 6.57. The highest BCUT2D eigenvalue weighted by Gasteiger charge is 2.32. The third-order valence-corrected chi connectivity index (χ3v) is 2.99. The standard InChI is InChI=1S/C12H20N2/c1-9-8-12(2,3)14-11-7-5-4-6-10(11)13-9/h4-7,9-11,13-14H,8H2,1-3H3. The maximum Gasteiger partial charge on any atom is 0.0449 e. The zero-order chi connectivity index (χ0) is 10.2. The van der Waals surface area contributed by atoms with E-state index in [0.717, 1.165) is 0 Å². The van der Waals surface area contributed by atoms with E-state index in [2.05, 4.69) is 55.7 Å². The van der Waals surface area contributed by atoms with Gasteiger partial charge in [-0.05, 0) is 27.2 Å². The third kappa shape index (κ3) is 2.07. The number of hydrogen-bond acceptors (Lipinski definition) is 2. The molecule has 78 valence electrons. The second kappa shape index (κ2) is 3.52. The molecule has 2 heteroatoms. The Labute approximate surface area is 86.5 Å². The molecular weight excluding hydrogens is 172 g/mol. The van der Waals surface area contributed by atoms with Crippen LogP contribution in [0.4, 0.5) is 0 Å². The first kappa shape index (κ1) is 9.94. The minimum Gasteiger partial charge on any atom is -0.306 e. The fourth-order valence-corrected chi connectivity index (χ4v) is 2.57. The predicted octanol–water partition coefficient (Wildman–Crippen LogP) is 1.60. The number of fused-ring (bicyclic) bond motifs is 1. The van der Waals surface area contributed by atoms with E-state index >= 15 is 0 Å². The lowest BCUT2D eigenvalue weighted by Crippen LogP contribution is -2.49. The average molecular weight is 192 g/mol. The van der Waals surface area contributed by atoms with E-state index in [0.29, 0.717) is 18.1 Å². The van der Waals surface area contributed by atoms with Crippen LogP contribution in [-0.2, 0) is 0 Å². The van der Waals surface area contributed by atoms with Crippen LogP contribution in [0.3, 0.4) is 0 Å².